The van der Waals surface area contributed by atoms with Gasteiger partial charge in [0.25, 0.3) is 0 Å². The van der Waals surface area contributed by atoms with Gasteiger partial charge in [-0.2, -0.15) is 0 Å². The fourth-order valence-electron chi connectivity index (χ4n) is 4.02. The zero-order valence-electron chi connectivity index (χ0n) is 13.6. The quantitative estimate of drug-likeness (QED) is 0.909. The number of hydrogen-bond acceptors (Lipinski definition) is 3. The number of fused-ring (bicyclic) bond motifs is 1. The van der Waals surface area contributed by atoms with Crippen molar-refractivity contribution in [1.82, 2.24) is 9.88 Å². The number of carbonyl (C=O) groups excluding carboxylic acids is 1. The molecule has 2 aliphatic rings. The maximum atomic E-state index is 12.9. The Morgan fingerprint density at radius 1 is 1.17 bits per heavy atom. The first-order valence-electron chi connectivity index (χ1n) is 8.62. The molecule has 128 valence electrons. The summed E-state index contributed by atoms with van der Waals surface area (Å²) in [5.74, 6) is -0.185. The molecule has 1 aromatic carbocycles. The minimum atomic E-state index is -3.04. The summed E-state index contributed by atoms with van der Waals surface area (Å²) in [6.07, 6.45) is 3.48. The van der Waals surface area contributed by atoms with Gasteiger partial charge >= 0.3 is 0 Å². The summed E-state index contributed by atoms with van der Waals surface area (Å²) >= 11 is 0. The molecule has 6 heteroatoms. The highest BCUT2D eigenvalue weighted by Crippen LogP contribution is 2.34. The summed E-state index contributed by atoms with van der Waals surface area (Å²) in [5, 5.41) is 1.15. The number of benzene rings is 1. The van der Waals surface area contributed by atoms with Gasteiger partial charge in [0.15, 0.2) is 9.84 Å². The largest absolute Gasteiger partial charge is 0.357 e. The van der Waals surface area contributed by atoms with Crippen LogP contribution in [0.2, 0.25) is 0 Å². The maximum Gasteiger partial charge on any atom is 0.227 e. The molecule has 24 heavy (non-hydrogen) atoms. The third-order valence-electron chi connectivity index (χ3n) is 5.28. The molecule has 2 aromatic rings. The molecule has 1 amide bonds. The van der Waals surface area contributed by atoms with E-state index in [1.54, 1.807) is 0 Å². The van der Waals surface area contributed by atoms with E-state index in [-0.39, 0.29) is 29.4 Å². The zero-order chi connectivity index (χ0) is 16.7. The molecule has 0 saturated carbocycles. The lowest BCUT2D eigenvalue weighted by Gasteiger charge is -2.36. The van der Waals surface area contributed by atoms with Gasteiger partial charge in [0.2, 0.25) is 5.91 Å². The number of sulfone groups is 1. The van der Waals surface area contributed by atoms with Crippen molar-refractivity contribution < 1.29 is 13.2 Å². The Hall–Kier alpha value is -1.82. The monoisotopic (exact) mass is 346 g/mol. The Labute approximate surface area is 142 Å². The van der Waals surface area contributed by atoms with Gasteiger partial charge in [0.1, 0.15) is 0 Å². The molecule has 2 fully saturated rings. The highest BCUT2D eigenvalue weighted by atomic mass is 32.2. The number of hydrogen-bond donors (Lipinski definition) is 1. The number of nitrogens with one attached hydrogen (secondary N) is 1. The van der Waals surface area contributed by atoms with Gasteiger partial charge in [-0.25, -0.2) is 8.42 Å². The highest BCUT2D eigenvalue weighted by Gasteiger charge is 2.38. The summed E-state index contributed by atoms with van der Waals surface area (Å²) in [5.41, 5.74) is 2.14. The SMILES string of the molecule is O=C(C1CCS(=O)(=O)C1)N1CCCCC1c1cc2ccccc2[nH]1. The highest BCUT2D eigenvalue weighted by molar-refractivity contribution is 7.91. The number of likely N-dealkylation sites (tertiary alicyclic amines) is 1. The van der Waals surface area contributed by atoms with E-state index in [0.29, 0.717) is 6.42 Å². The predicted octanol–water partition coefficient (Wildman–Crippen LogP) is 2.66. The standard InChI is InChI=1S/C18H22N2O3S/c21-18(14-8-10-24(22,23)12-14)20-9-4-3-7-17(20)16-11-13-5-1-2-6-15(13)19-16/h1-2,5-6,11,14,17,19H,3-4,7-10,12H2. The third-order valence-corrected chi connectivity index (χ3v) is 7.05. The second-order valence-corrected chi connectivity index (χ2v) is 9.18. The third kappa shape index (κ3) is 2.83. The van der Waals surface area contributed by atoms with E-state index in [0.717, 1.165) is 42.4 Å². The van der Waals surface area contributed by atoms with Crippen LogP contribution in [0.3, 0.4) is 0 Å². The zero-order valence-corrected chi connectivity index (χ0v) is 14.4. The van der Waals surface area contributed by atoms with Crippen molar-refractivity contribution in [1.29, 1.82) is 0 Å². The molecule has 0 bridgehead atoms. The van der Waals surface area contributed by atoms with Crippen LogP contribution < -0.4 is 0 Å². The average molecular weight is 346 g/mol. The summed E-state index contributed by atoms with van der Waals surface area (Å²) in [7, 11) is -3.04. The van der Waals surface area contributed by atoms with Crippen LogP contribution in [0.15, 0.2) is 30.3 Å². The van der Waals surface area contributed by atoms with Crippen LogP contribution in [0, 0.1) is 5.92 Å². The molecule has 0 aliphatic carbocycles. The lowest BCUT2D eigenvalue weighted by atomic mass is 9.96. The first kappa shape index (κ1) is 15.7. The number of piperidine rings is 1. The predicted molar refractivity (Wildman–Crippen MR) is 93.4 cm³/mol. The molecule has 5 nitrogen and oxygen atoms in total. The van der Waals surface area contributed by atoms with Crippen LogP contribution in [0.5, 0.6) is 0 Å². The molecule has 1 N–H and O–H groups in total. The molecule has 1 aromatic heterocycles. The van der Waals surface area contributed by atoms with Crippen LogP contribution in [-0.4, -0.2) is 42.3 Å². The van der Waals surface area contributed by atoms with Gasteiger partial charge < -0.3 is 9.88 Å². The Morgan fingerprint density at radius 2 is 2.00 bits per heavy atom. The first-order chi connectivity index (χ1) is 11.5. The van der Waals surface area contributed by atoms with Crippen molar-refractivity contribution in [3.63, 3.8) is 0 Å². The lowest BCUT2D eigenvalue weighted by molar-refractivity contribution is -0.138. The number of amides is 1. The molecule has 0 radical (unpaired) electrons. The number of aromatic amines is 1. The van der Waals surface area contributed by atoms with Crippen LogP contribution >= 0.6 is 0 Å². The molecular formula is C18H22N2O3S. The Morgan fingerprint density at radius 3 is 2.75 bits per heavy atom. The van der Waals surface area contributed by atoms with Crippen LogP contribution in [0.4, 0.5) is 0 Å². The molecule has 2 atom stereocenters. The van der Waals surface area contributed by atoms with Crippen molar-refractivity contribution in [2.75, 3.05) is 18.1 Å². The van der Waals surface area contributed by atoms with Crippen LogP contribution in [0.1, 0.15) is 37.4 Å². The Bertz CT molecular complexity index is 838. The van der Waals surface area contributed by atoms with E-state index in [9.17, 15) is 13.2 Å². The molecule has 3 heterocycles. The average Bonchev–Trinajstić information content (AvgIpc) is 3.17. The second-order valence-electron chi connectivity index (χ2n) is 6.96. The molecule has 4 rings (SSSR count). The Kier molecular flexibility index (Phi) is 3.87. The van der Waals surface area contributed by atoms with Crippen molar-refractivity contribution in [3.8, 4) is 0 Å². The number of carbonyl (C=O) groups is 1. The number of para-hydroxylation sites is 1. The molecule has 2 unspecified atom stereocenters. The minimum absolute atomic E-state index is 0.0134. The number of rotatable bonds is 2. The van der Waals surface area contributed by atoms with Crippen LogP contribution in [-0.2, 0) is 14.6 Å². The van der Waals surface area contributed by atoms with Crippen molar-refractivity contribution in [3.05, 3.63) is 36.0 Å². The molecule has 2 aliphatic heterocycles. The van der Waals surface area contributed by atoms with Crippen molar-refractivity contribution >= 4 is 26.6 Å². The molecular weight excluding hydrogens is 324 g/mol. The van der Waals surface area contributed by atoms with Gasteiger partial charge in [-0.1, -0.05) is 18.2 Å². The number of H-pyrrole nitrogens is 1. The van der Waals surface area contributed by atoms with Gasteiger partial charge in [-0.3, -0.25) is 4.79 Å². The summed E-state index contributed by atoms with van der Waals surface area (Å²) in [4.78, 5) is 18.3. The minimum Gasteiger partial charge on any atom is -0.357 e. The van der Waals surface area contributed by atoms with Gasteiger partial charge in [-0.15, -0.1) is 0 Å². The molecule has 0 spiro atoms. The van der Waals surface area contributed by atoms with Gasteiger partial charge in [0, 0.05) is 17.8 Å². The van der Waals surface area contributed by atoms with Crippen molar-refractivity contribution in [2.24, 2.45) is 5.92 Å². The topological polar surface area (TPSA) is 70.2 Å². The number of aromatic nitrogens is 1. The van der Waals surface area contributed by atoms with E-state index >= 15 is 0 Å². The van der Waals surface area contributed by atoms with Crippen LogP contribution in [0.25, 0.3) is 10.9 Å². The number of nitrogens with zero attached hydrogens (tertiary/aromatic N) is 1. The maximum absolute atomic E-state index is 12.9. The first-order valence-corrected chi connectivity index (χ1v) is 10.4. The fourth-order valence-corrected chi connectivity index (χ4v) is 5.75. The summed E-state index contributed by atoms with van der Waals surface area (Å²) < 4.78 is 23.4. The van der Waals surface area contributed by atoms with Gasteiger partial charge in [-0.05, 0) is 43.2 Å². The normalized spacial score (nSPS) is 26.8. The van der Waals surface area contributed by atoms with E-state index in [2.05, 4.69) is 17.1 Å². The Balaban J connectivity index is 1.62. The van der Waals surface area contributed by atoms with E-state index in [1.807, 2.05) is 23.1 Å². The summed E-state index contributed by atoms with van der Waals surface area (Å²) in [6.45, 7) is 0.718. The van der Waals surface area contributed by atoms with Gasteiger partial charge in [0.05, 0.1) is 23.5 Å². The smallest absolute Gasteiger partial charge is 0.227 e. The van der Waals surface area contributed by atoms with Crippen molar-refractivity contribution in [2.45, 2.75) is 31.7 Å². The van der Waals surface area contributed by atoms with E-state index in [4.69, 9.17) is 0 Å². The fraction of sp³-hybridized carbons (Fsp3) is 0.500. The van der Waals surface area contributed by atoms with E-state index < -0.39 is 9.84 Å². The second kappa shape index (κ2) is 5.92. The summed E-state index contributed by atoms with van der Waals surface area (Å²) in [6, 6.07) is 10.3. The molecule has 2 saturated heterocycles. The lowest BCUT2D eigenvalue weighted by Crippen LogP contribution is -2.42. The van der Waals surface area contributed by atoms with E-state index in [1.165, 1.54) is 0 Å².